The highest BCUT2D eigenvalue weighted by molar-refractivity contribution is 5.86. The Morgan fingerprint density at radius 2 is 1.21 bits per heavy atom. The minimum Gasteiger partial charge on any atom is -0.0873 e. The average Bonchev–Trinajstić information content (AvgIpc) is 3.28. The van der Waals surface area contributed by atoms with Gasteiger partial charge in [0.25, 0.3) is 0 Å². The molecule has 3 aliphatic carbocycles. The minimum atomic E-state index is 0. The van der Waals surface area contributed by atoms with Crippen LogP contribution in [0.15, 0.2) is 113 Å². The predicted molar refractivity (Wildman–Crippen MR) is 220 cm³/mol. The summed E-state index contributed by atoms with van der Waals surface area (Å²) in [4.78, 5) is 0. The van der Waals surface area contributed by atoms with Gasteiger partial charge in [0, 0.05) is 10.8 Å². The number of hydrogen-bond acceptors (Lipinski definition) is 0. The maximum atomic E-state index is 2.50. The van der Waals surface area contributed by atoms with Gasteiger partial charge in [-0.05, 0) is 110 Å². The van der Waals surface area contributed by atoms with Crippen LogP contribution in [0.5, 0.6) is 0 Å². The fourth-order valence-corrected chi connectivity index (χ4v) is 7.12. The van der Waals surface area contributed by atoms with Gasteiger partial charge in [-0.15, -0.1) is 0 Å². The van der Waals surface area contributed by atoms with Crippen LogP contribution in [-0.2, 0) is 5.41 Å². The van der Waals surface area contributed by atoms with E-state index in [0.29, 0.717) is 0 Å². The Hall–Kier alpha value is -2.86. The van der Waals surface area contributed by atoms with Gasteiger partial charge in [0.2, 0.25) is 0 Å². The molecule has 264 valence electrons. The largest absolute Gasteiger partial charge is 0.0873 e. The smallest absolute Gasteiger partial charge is 0.0183 e. The topological polar surface area (TPSA) is 0 Å². The summed E-state index contributed by atoms with van der Waals surface area (Å²) in [5, 5.41) is 0. The zero-order chi connectivity index (χ0) is 35.6. The molecule has 1 aromatic carbocycles. The van der Waals surface area contributed by atoms with Crippen LogP contribution in [-0.4, -0.2) is 0 Å². The van der Waals surface area contributed by atoms with E-state index in [2.05, 4.69) is 140 Å². The number of rotatable bonds is 9. The van der Waals surface area contributed by atoms with E-state index in [4.69, 9.17) is 0 Å². The van der Waals surface area contributed by atoms with E-state index in [-0.39, 0.29) is 23.7 Å². The van der Waals surface area contributed by atoms with E-state index < -0.39 is 0 Å². The van der Waals surface area contributed by atoms with Crippen molar-refractivity contribution in [1.82, 2.24) is 0 Å². The third-order valence-electron chi connectivity index (χ3n) is 9.53. The Kier molecular flexibility index (Phi) is 22.3. The first-order chi connectivity index (χ1) is 22.1. The third-order valence-corrected chi connectivity index (χ3v) is 9.53. The van der Waals surface area contributed by atoms with Gasteiger partial charge in [0.05, 0.1) is 0 Å². The Morgan fingerprint density at radius 3 is 1.77 bits per heavy atom. The summed E-state index contributed by atoms with van der Waals surface area (Å²) >= 11 is 0. The Bertz CT molecular complexity index is 1310. The van der Waals surface area contributed by atoms with Gasteiger partial charge in [0.1, 0.15) is 0 Å². The molecule has 3 aliphatic rings. The summed E-state index contributed by atoms with van der Waals surface area (Å²) in [6.45, 7) is 34.7. The zero-order valence-electron chi connectivity index (χ0n) is 33.1. The van der Waals surface area contributed by atoms with Crippen LogP contribution in [0.3, 0.4) is 0 Å². The Morgan fingerprint density at radius 1 is 0.702 bits per heavy atom. The van der Waals surface area contributed by atoms with Crippen molar-refractivity contribution in [2.45, 2.75) is 156 Å². The van der Waals surface area contributed by atoms with E-state index in [1.165, 1.54) is 58.3 Å². The summed E-state index contributed by atoms with van der Waals surface area (Å²) < 4.78 is 0. The summed E-state index contributed by atoms with van der Waals surface area (Å²) in [7, 11) is 0. The van der Waals surface area contributed by atoms with Crippen LogP contribution in [0.2, 0.25) is 0 Å². The summed E-state index contributed by atoms with van der Waals surface area (Å²) in [6.07, 6.45) is 28.6. The fourth-order valence-electron chi connectivity index (χ4n) is 7.12. The van der Waals surface area contributed by atoms with E-state index in [9.17, 15) is 0 Å². The normalized spacial score (nSPS) is 21.2. The van der Waals surface area contributed by atoms with Crippen molar-refractivity contribution < 1.29 is 0 Å². The average molecular weight is 641 g/mol. The van der Waals surface area contributed by atoms with E-state index >= 15 is 0 Å². The van der Waals surface area contributed by atoms with Gasteiger partial charge >= 0.3 is 0 Å². The van der Waals surface area contributed by atoms with Crippen molar-refractivity contribution >= 4 is 5.57 Å². The van der Waals surface area contributed by atoms with Gasteiger partial charge in [-0.1, -0.05) is 176 Å². The fraction of sp³-hybridized carbons (Fsp3) is 0.532. The van der Waals surface area contributed by atoms with Gasteiger partial charge in [0.15, 0.2) is 0 Å². The first-order valence-corrected chi connectivity index (χ1v) is 18.6. The predicted octanol–water partition coefficient (Wildman–Crippen LogP) is 15.9. The summed E-state index contributed by atoms with van der Waals surface area (Å²) in [5.74, 6) is 0. The van der Waals surface area contributed by atoms with Crippen molar-refractivity contribution in [3.8, 4) is 0 Å². The molecule has 0 N–H and O–H groups in total. The maximum Gasteiger partial charge on any atom is 0.0183 e. The molecule has 0 heteroatoms. The molecule has 47 heavy (non-hydrogen) atoms. The van der Waals surface area contributed by atoms with Gasteiger partial charge in [-0.25, -0.2) is 0 Å². The van der Waals surface area contributed by atoms with Crippen LogP contribution >= 0.6 is 0 Å². The lowest BCUT2D eigenvalue weighted by Crippen LogP contribution is -2.27. The minimum absolute atomic E-state index is 0. The summed E-state index contributed by atoms with van der Waals surface area (Å²) in [5.41, 5.74) is 12.2. The molecule has 0 radical (unpaired) electrons. The number of fused-ring (bicyclic) bond motifs is 2. The molecule has 0 saturated carbocycles. The molecule has 0 spiro atoms. The van der Waals surface area contributed by atoms with E-state index in [1.54, 1.807) is 5.57 Å². The first kappa shape index (κ1) is 46.3. The number of allylic oxidation sites excluding steroid dienone is 16. The third kappa shape index (κ3) is 10.6. The molecular weight excluding hydrogens is 565 g/mol. The molecule has 0 aromatic heterocycles. The van der Waals surface area contributed by atoms with Gasteiger partial charge in [-0.3, -0.25) is 0 Å². The molecule has 2 unspecified atom stereocenters. The van der Waals surface area contributed by atoms with Crippen LogP contribution in [0.1, 0.15) is 161 Å². The molecule has 0 fully saturated rings. The van der Waals surface area contributed by atoms with E-state index in [1.807, 2.05) is 55.4 Å². The molecule has 0 nitrogen and oxygen atoms in total. The standard InChI is InChI=1S/C38H48.4C2H6.CH4/c1-9-17-29-28(4)32(18-10-2)37(7,33(29)19-11-3)26-24-36(5,6)25-27-38(8)34-22-14-12-13-20-30(34)31-21-15-16-23-35(31)38;4*1-2;/h9-21,23H,22,24-27H2,1-8H3;4*1-2H3;1H4/b17-9-,18-10-,19-11-;;;;;. The highest BCUT2D eigenvalue weighted by atomic mass is 14.5. The SMILES string of the molecule is C.C/C=C\C1=C(/C=C\C)C(C)(CCC(C)(C)CCC2(C)C3=C(C=CC=CC3)c3ccccc32)C(/C=C\C)=C1C.CC.CC.CC.CC. The second-order valence-electron chi connectivity index (χ2n) is 12.6. The zero-order valence-corrected chi connectivity index (χ0v) is 33.1. The maximum absolute atomic E-state index is 2.50. The molecule has 0 saturated heterocycles. The Labute approximate surface area is 295 Å². The lowest BCUT2D eigenvalue weighted by atomic mass is 9.67. The quantitative estimate of drug-likeness (QED) is 0.252. The highest BCUT2D eigenvalue weighted by Gasteiger charge is 2.43. The van der Waals surface area contributed by atoms with Gasteiger partial charge < -0.3 is 0 Å². The second kappa shape index (κ2) is 22.7. The van der Waals surface area contributed by atoms with Crippen LogP contribution in [0, 0.1) is 10.8 Å². The van der Waals surface area contributed by atoms with Crippen molar-refractivity contribution in [3.05, 3.63) is 124 Å². The van der Waals surface area contributed by atoms with Crippen LogP contribution in [0.4, 0.5) is 0 Å². The van der Waals surface area contributed by atoms with Crippen molar-refractivity contribution in [2.24, 2.45) is 10.8 Å². The molecule has 0 aliphatic heterocycles. The molecule has 0 bridgehead atoms. The molecule has 4 rings (SSSR count). The van der Waals surface area contributed by atoms with Crippen molar-refractivity contribution in [2.75, 3.05) is 0 Å². The monoisotopic (exact) mass is 641 g/mol. The lowest BCUT2D eigenvalue weighted by molar-refractivity contribution is 0.240. The molecule has 1 aromatic rings. The number of benzene rings is 1. The van der Waals surface area contributed by atoms with Gasteiger partial charge in [-0.2, -0.15) is 0 Å². The first-order valence-electron chi connectivity index (χ1n) is 18.6. The lowest BCUT2D eigenvalue weighted by Gasteiger charge is -2.37. The van der Waals surface area contributed by atoms with Crippen LogP contribution < -0.4 is 0 Å². The van der Waals surface area contributed by atoms with Crippen molar-refractivity contribution in [1.29, 1.82) is 0 Å². The van der Waals surface area contributed by atoms with Crippen molar-refractivity contribution in [3.63, 3.8) is 0 Å². The molecule has 2 atom stereocenters. The molecule has 0 amide bonds. The number of hydrogen-bond donors (Lipinski definition) is 0. The molecule has 0 heterocycles. The second-order valence-corrected chi connectivity index (χ2v) is 12.6. The van der Waals surface area contributed by atoms with Crippen LogP contribution in [0.25, 0.3) is 5.57 Å². The molecular formula is C47H76. The summed E-state index contributed by atoms with van der Waals surface area (Å²) in [6, 6.07) is 9.13. The highest BCUT2D eigenvalue weighted by Crippen LogP contribution is 2.55. The van der Waals surface area contributed by atoms with E-state index in [0.717, 1.165) is 12.8 Å². The Balaban J connectivity index is 0.